The van der Waals surface area contributed by atoms with Gasteiger partial charge in [-0.3, -0.25) is 4.79 Å². The van der Waals surface area contributed by atoms with Crippen molar-refractivity contribution in [2.24, 2.45) is 0 Å². The monoisotopic (exact) mass is 206 g/mol. The Morgan fingerprint density at radius 1 is 1.20 bits per heavy atom. The molecule has 0 aliphatic carbocycles. The van der Waals surface area contributed by atoms with Crippen molar-refractivity contribution in [3.63, 3.8) is 0 Å². The molecule has 1 rings (SSSR count). The second-order valence-corrected chi connectivity index (χ2v) is 4.01. The fourth-order valence-corrected chi connectivity index (χ4v) is 1.50. The molecule has 15 heavy (non-hydrogen) atoms. The van der Waals surface area contributed by atoms with Crippen LogP contribution in [-0.4, -0.2) is 12.1 Å². The summed E-state index contributed by atoms with van der Waals surface area (Å²) >= 11 is 0. The zero-order valence-corrected chi connectivity index (χ0v) is 9.78. The van der Waals surface area contributed by atoms with Crippen LogP contribution in [-0.2, 0) is 9.53 Å². The summed E-state index contributed by atoms with van der Waals surface area (Å²) in [5.74, 6) is 0.0101. The Bertz CT molecular complexity index is 327. The van der Waals surface area contributed by atoms with E-state index in [0.29, 0.717) is 0 Å². The average Bonchev–Trinajstić information content (AvgIpc) is 2.17. The van der Waals surface area contributed by atoms with Crippen LogP contribution in [0.1, 0.15) is 37.8 Å². The maximum atomic E-state index is 10.8. The lowest BCUT2D eigenvalue weighted by atomic mass is 9.95. The molecule has 0 saturated heterocycles. The smallest absolute Gasteiger partial charge is 0.302 e. The van der Waals surface area contributed by atoms with Crippen LogP contribution < -0.4 is 0 Å². The van der Waals surface area contributed by atoms with Crippen LogP contribution in [0.2, 0.25) is 0 Å². The van der Waals surface area contributed by atoms with Gasteiger partial charge in [0.05, 0.1) is 0 Å². The van der Waals surface area contributed by atoms with Gasteiger partial charge in [-0.25, -0.2) is 0 Å². The van der Waals surface area contributed by atoms with Gasteiger partial charge in [0.1, 0.15) is 6.10 Å². The SMILES string of the molecule is CC(=O)O[C@@H](C)[C@H](C)c1ccc(C)cc1. The highest BCUT2D eigenvalue weighted by molar-refractivity contribution is 5.66. The molecule has 0 fully saturated rings. The van der Waals surface area contributed by atoms with E-state index in [2.05, 4.69) is 38.1 Å². The fraction of sp³-hybridized carbons (Fsp3) is 0.462. The lowest BCUT2D eigenvalue weighted by Crippen LogP contribution is -2.19. The summed E-state index contributed by atoms with van der Waals surface area (Å²) in [6.45, 7) is 7.49. The van der Waals surface area contributed by atoms with Gasteiger partial charge in [0, 0.05) is 12.8 Å². The highest BCUT2D eigenvalue weighted by atomic mass is 16.5. The third-order valence-electron chi connectivity index (χ3n) is 2.66. The maximum Gasteiger partial charge on any atom is 0.302 e. The van der Waals surface area contributed by atoms with Gasteiger partial charge in [-0.05, 0) is 19.4 Å². The van der Waals surface area contributed by atoms with Crippen LogP contribution in [0.4, 0.5) is 0 Å². The molecule has 0 saturated carbocycles. The van der Waals surface area contributed by atoms with Crippen molar-refractivity contribution in [1.82, 2.24) is 0 Å². The number of rotatable bonds is 3. The van der Waals surface area contributed by atoms with Gasteiger partial charge < -0.3 is 4.74 Å². The lowest BCUT2D eigenvalue weighted by molar-refractivity contribution is -0.146. The Morgan fingerprint density at radius 2 is 1.73 bits per heavy atom. The van der Waals surface area contributed by atoms with Crippen molar-refractivity contribution >= 4 is 5.97 Å². The minimum Gasteiger partial charge on any atom is -0.462 e. The summed E-state index contributed by atoms with van der Waals surface area (Å²) in [6.07, 6.45) is -0.0785. The molecular formula is C13H18O2. The maximum absolute atomic E-state index is 10.8. The van der Waals surface area contributed by atoms with Gasteiger partial charge in [-0.15, -0.1) is 0 Å². The van der Waals surface area contributed by atoms with Crippen molar-refractivity contribution in [2.75, 3.05) is 0 Å². The molecule has 0 aliphatic rings. The van der Waals surface area contributed by atoms with Gasteiger partial charge in [0.15, 0.2) is 0 Å². The van der Waals surface area contributed by atoms with E-state index in [1.54, 1.807) is 0 Å². The first-order valence-electron chi connectivity index (χ1n) is 5.24. The molecule has 2 nitrogen and oxygen atoms in total. The number of esters is 1. The minimum atomic E-state index is -0.221. The van der Waals surface area contributed by atoms with E-state index in [0.717, 1.165) is 0 Å². The fourth-order valence-electron chi connectivity index (χ4n) is 1.50. The highest BCUT2D eigenvalue weighted by Crippen LogP contribution is 2.21. The van der Waals surface area contributed by atoms with Crippen molar-refractivity contribution in [1.29, 1.82) is 0 Å². The number of ether oxygens (including phenoxy) is 1. The molecular weight excluding hydrogens is 188 g/mol. The molecule has 1 aromatic rings. The predicted octanol–water partition coefficient (Wildman–Crippen LogP) is 3.05. The van der Waals surface area contributed by atoms with E-state index in [9.17, 15) is 4.79 Å². The first kappa shape index (κ1) is 11.8. The Morgan fingerprint density at radius 3 is 2.20 bits per heavy atom. The van der Waals surface area contributed by atoms with E-state index >= 15 is 0 Å². The quantitative estimate of drug-likeness (QED) is 0.710. The minimum absolute atomic E-state index is 0.0785. The number of carbonyl (C=O) groups is 1. The van der Waals surface area contributed by atoms with E-state index in [4.69, 9.17) is 4.74 Å². The van der Waals surface area contributed by atoms with Crippen molar-refractivity contribution in [3.05, 3.63) is 35.4 Å². The summed E-state index contributed by atoms with van der Waals surface area (Å²) in [6, 6.07) is 8.32. The summed E-state index contributed by atoms with van der Waals surface area (Å²) in [5.41, 5.74) is 2.44. The van der Waals surface area contributed by atoms with Crippen LogP contribution in [0.25, 0.3) is 0 Å². The molecule has 0 aromatic heterocycles. The number of benzene rings is 1. The molecule has 2 heteroatoms. The van der Waals surface area contributed by atoms with E-state index in [1.807, 2.05) is 6.92 Å². The molecule has 0 spiro atoms. The Hall–Kier alpha value is -1.31. The normalized spacial score (nSPS) is 14.4. The second kappa shape index (κ2) is 4.96. The molecule has 0 heterocycles. The van der Waals surface area contributed by atoms with Crippen LogP contribution >= 0.6 is 0 Å². The largest absolute Gasteiger partial charge is 0.462 e. The summed E-state index contributed by atoms with van der Waals surface area (Å²) in [7, 11) is 0. The third-order valence-corrected chi connectivity index (χ3v) is 2.66. The molecule has 0 aliphatic heterocycles. The van der Waals surface area contributed by atoms with Crippen molar-refractivity contribution < 1.29 is 9.53 Å². The molecule has 0 bridgehead atoms. The number of hydrogen-bond acceptors (Lipinski definition) is 2. The molecule has 0 unspecified atom stereocenters. The van der Waals surface area contributed by atoms with Crippen LogP contribution in [0.3, 0.4) is 0 Å². The molecule has 2 atom stereocenters. The van der Waals surface area contributed by atoms with E-state index in [-0.39, 0.29) is 18.0 Å². The zero-order chi connectivity index (χ0) is 11.4. The van der Waals surface area contributed by atoms with Gasteiger partial charge >= 0.3 is 5.97 Å². The first-order chi connectivity index (χ1) is 7.00. The van der Waals surface area contributed by atoms with Crippen molar-refractivity contribution in [3.8, 4) is 0 Å². The number of hydrogen-bond donors (Lipinski definition) is 0. The van der Waals surface area contributed by atoms with E-state index < -0.39 is 0 Å². The second-order valence-electron chi connectivity index (χ2n) is 4.01. The summed E-state index contributed by atoms with van der Waals surface area (Å²) in [5, 5.41) is 0. The number of aryl methyl sites for hydroxylation is 1. The molecule has 1 aromatic carbocycles. The standard InChI is InChI=1S/C13H18O2/c1-9-5-7-13(8-6-9)10(2)11(3)15-12(4)14/h5-8,10-11H,1-4H3/t10-,11-/m0/s1. The van der Waals surface area contributed by atoms with Crippen LogP contribution in [0.5, 0.6) is 0 Å². The van der Waals surface area contributed by atoms with Gasteiger partial charge in [-0.1, -0.05) is 36.8 Å². The highest BCUT2D eigenvalue weighted by Gasteiger charge is 2.16. The molecule has 0 N–H and O–H groups in total. The van der Waals surface area contributed by atoms with Gasteiger partial charge in [-0.2, -0.15) is 0 Å². The van der Waals surface area contributed by atoms with Gasteiger partial charge in [0.25, 0.3) is 0 Å². The zero-order valence-electron chi connectivity index (χ0n) is 9.78. The topological polar surface area (TPSA) is 26.3 Å². The lowest BCUT2D eigenvalue weighted by Gasteiger charge is -2.20. The third kappa shape index (κ3) is 3.39. The first-order valence-corrected chi connectivity index (χ1v) is 5.24. The average molecular weight is 206 g/mol. The predicted molar refractivity (Wildman–Crippen MR) is 60.8 cm³/mol. The van der Waals surface area contributed by atoms with Crippen molar-refractivity contribution in [2.45, 2.75) is 39.7 Å². The Kier molecular flexibility index (Phi) is 3.89. The molecule has 82 valence electrons. The summed E-state index contributed by atoms with van der Waals surface area (Å²) in [4.78, 5) is 10.8. The van der Waals surface area contributed by atoms with Crippen LogP contribution in [0.15, 0.2) is 24.3 Å². The molecule has 0 radical (unpaired) electrons. The Labute approximate surface area is 91.3 Å². The number of carbonyl (C=O) groups excluding carboxylic acids is 1. The Balaban J connectivity index is 2.71. The summed E-state index contributed by atoms with van der Waals surface area (Å²) < 4.78 is 5.16. The van der Waals surface area contributed by atoms with E-state index in [1.165, 1.54) is 18.1 Å². The van der Waals surface area contributed by atoms with Crippen LogP contribution in [0, 0.1) is 6.92 Å². The molecule has 0 amide bonds. The van der Waals surface area contributed by atoms with Gasteiger partial charge in [0.2, 0.25) is 0 Å².